The summed E-state index contributed by atoms with van der Waals surface area (Å²) in [4.78, 5) is 14.6. The largest absolute Gasteiger partial charge is 0.591 e. The van der Waals surface area contributed by atoms with Gasteiger partial charge in [-0.1, -0.05) is 4.40 Å². The lowest BCUT2D eigenvalue weighted by atomic mass is 9.95. The molecule has 2 aliphatic rings. The van der Waals surface area contributed by atoms with Crippen molar-refractivity contribution >= 4 is 39.1 Å². The maximum absolute atomic E-state index is 14.8. The summed E-state index contributed by atoms with van der Waals surface area (Å²) in [5.41, 5.74) is -0.341. The van der Waals surface area contributed by atoms with E-state index in [0.29, 0.717) is 12.3 Å². The van der Waals surface area contributed by atoms with E-state index in [2.05, 4.69) is 20.3 Å². The molecule has 0 bridgehead atoms. The zero-order valence-electron chi connectivity index (χ0n) is 18.7. The molecule has 0 radical (unpaired) electrons. The maximum atomic E-state index is 14.8. The quantitative estimate of drug-likeness (QED) is 0.387. The molecule has 172 valence electrons. The zero-order valence-corrected chi connectivity index (χ0v) is 21.1. The van der Waals surface area contributed by atoms with Crippen LogP contribution in [0.4, 0.5) is 13.6 Å². The van der Waals surface area contributed by atoms with E-state index in [0.717, 1.165) is 25.0 Å². The normalized spacial score (nSPS) is 22.8. The molecular weight excluding hydrogens is 490 g/mol. The molecule has 1 aromatic rings. The minimum absolute atomic E-state index is 0.0159. The molecule has 0 aromatic heterocycles. The van der Waals surface area contributed by atoms with Gasteiger partial charge in [-0.2, -0.15) is 0 Å². The highest BCUT2D eigenvalue weighted by Gasteiger charge is 2.60. The molecule has 0 N–H and O–H groups in total. The highest BCUT2D eigenvalue weighted by molar-refractivity contribution is 9.10. The Balaban J connectivity index is 2.04. The van der Waals surface area contributed by atoms with Crippen LogP contribution in [0, 0.1) is 17.0 Å². The first-order valence-corrected chi connectivity index (χ1v) is 12.2. The first-order chi connectivity index (χ1) is 14.1. The summed E-state index contributed by atoms with van der Waals surface area (Å²) in [6.45, 7) is 11.2. The van der Waals surface area contributed by atoms with Crippen molar-refractivity contribution in [3.63, 3.8) is 0 Å². The molecule has 1 saturated heterocycles. The number of likely N-dealkylation sites (tertiary alicyclic amines) is 1. The van der Waals surface area contributed by atoms with Crippen LogP contribution < -0.4 is 0 Å². The summed E-state index contributed by atoms with van der Waals surface area (Å²) in [5, 5.41) is 0. The van der Waals surface area contributed by atoms with E-state index >= 15 is 0 Å². The molecule has 1 unspecified atom stereocenters. The van der Waals surface area contributed by atoms with Gasteiger partial charge in [0.15, 0.2) is 0 Å². The van der Waals surface area contributed by atoms with Gasteiger partial charge in [0.05, 0.1) is 16.2 Å². The van der Waals surface area contributed by atoms with Crippen molar-refractivity contribution < 1.29 is 22.9 Å². The Labute approximate surface area is 194 Å². The summed E-state index contributed by atoms with van der Waals surface area (Å²) in [6, 6.07) is 1.53. The van der Waals surface area contributed by atoms with Gasteiger partial charge in [0.2, 0.25) is 0 Å². The van der Waals surface area contributed by atoms with Crippen molar-refractivity contribution in [2.24, 2.45) is 9.81 Å². The summed E-state index contributed by atoms with van der Waals surface area (Å²) < 4.78 is 51.2. The third-order valence-corrected chi connectivity index (χ3v) is 7.36. The first kappa shape index (κ1) is 24.5. The highest BCUT2D eigenvalue weighted by atomic mass is 79.9. The summed E-state index contributed by atoms with van der Waals surface area (Å²) in [5.74, 6) is -1.17. The number of ether oxygens (including phenoxy) is 1. The van der Waals surface area contributed by atoms with Gasteiger partial charge in [-0.15, -0.1) is 0 Å². The standard InChI is InChI=1S/C22H29BrF2N2O3S/c1-20(2,3)30-19(28)27-12-22(7-8-22)18(26-31(29)21(4,5)6)16(27)10-13-9-14(24)11-15(23)17(13)25/h9,11,16H,7-8,10,12H2,1-6H3/t16?,31-/m1/s1. The Kier molecular flexibility index (Phi) is 6.55. The molecule has 2 atom stereocenters. The molecule has 1 aliphatic carbocycles. The van der Waals surface area contributed by atoms with E-state index in [-0.39, 0.29) is 21.9 Å². The molecule has 3 rings (SSSR count). The Morgan fingerprint density at radius 2 is 1.90 bits per heavy atom. The molecule has 9 heteroatoms. The van der Waals surface area contributed by atoms with Crippen molar-refractivity contribution in [1.29, 1.82) is 0 Å². The molecule has 1 saturated carbocycles. The van der Waals surface area contributed by atoms with Gasteiger partial charge in [0.1, 0.15) is 33.3 Å². The number of hydrogen-bond donors (Lipinski definition) is 0. The lowest BCUT2D eigenvalue weighted by Gasteiger charge is -2.29. The average Bonchev–Trinajstić information content (AvgIpc) is 3.31. The van der Waals surface area contributed by atoms with E-state index in [1.165, 1.54) is 4.90 Å². The number of rotatable bonds is 3. The minimum Gasteiger partial charge on any atom is -0.591 e. The monoisotopic (exact) mass is 518 g/mol. The van der Waals surface area contributed by atoms with Crippen molar-refractivity contribution in [2.45, 2.75) is 77.2 Å². The molecule has 5 nitrogen and oxygen atoms in total. The second-order valence-corrected chi connectivity index (χ2v) is 13.1. The predicted molar refractivity (Wildman–Crippen MR) is 121 cm³/mol. The fraction of sp³-hybridized carbons (Fsp3) is 0.636. The lowest BCUT2D eigenvalue weighted by molar-refractivity contribution is 0.0232. The molecule has 31 heavy (non-hydrogen) atoms. The molecule has 1 amide bonds. The third kappa shape index (κ3) is 5.42. The van der Waals surface area contributed by atoms with Crippen LogP contribution in [0.25, 0.3) is 0 Å². The Morgan fingerprint density at radius 3 is 2.42 bits per heavy atom. The number of nitrogens with zero attached hydrogens (tertiary/aromatic N) is 2. The second-order valence-electron chi connectivity index (χ2n) is 10.3. The molecule has 1 aromatic carbocycles. The van der Waals surface area contributed by atoms with Crippen LogP contribution in [0.2, 0.25) is 0 Å². The van der Waals surface area contributed by atoms with E-state index in [4.69, 9.17) is 4.74 Å². The van der Waals surface area contributed by atoms with E-state index in [1.54, 1.807) is 20.8 Å². The van der Waals surface area contributed by atoms with Crippen LogP contribution in [0.3, 0.4) is 0 Å². The minimum atomic E-state index is -1.54. The SMILES string of the molecule is CC(C)(C)OC(=O)N1CC2(CC2)C(=N[S@+]([O-])C(C)(C)C)C1Cc1cc(F)cc(Br)c1F. The summed E-state index contributed by atoms with van der Waals surface area (Å²) in [6.07, 6.45) is 1.09. The topological polar surface area (TPSA) is 65.0 Å². The zero-order chi connectivity index (χ0) is 23.4. The van der Waals surface area contributed by atoms with Crippen LogP contribution >= 0.6 is 15.9 Å². The molecular formula is C22H29BrF2N2O3S. The van der Waals surface area contributed by atoms with E-state index in [1.807, 2.05) is 20.8 Å². The van der Waals surface area contributed by atoms with E-state index < -0.39 is 45.5 Å². The Bertz CT molecular complexity index is 907. The summed E-state index contributed by atoms with van der Waals surface area (Å²) >= 11 is 1.51. The predicted octanol–water partition coefficient (Wildman–Crippen LogP) is 5.57. The van der Waals surface area contributed by atoms with E-state index in [9.17, 15) is 18.1 Å². The van der Waals surface area contributed by atoms with Gasteiger partial charge in [0, 0.05) is 18.4 Å². The second kappa shape index (κ2) is 8.30. The molecule has 1 spiro atoms. The Morgan fingerprint density at radius 1 is 1.29 bits per heavy atom. The smallest absolute Gasteiger partial charge is 0.410 e. The molecule has 1 aliphatic heterocycles. The number of benzene rings is 1. The molecule has 2 fully saturated rings. The van der Waals surface area contributed by atoms with Crippen molar-refractivity contribution in [1.82, 2.24) is 4.90 Å². The highest BCUT2D eigenvalue weighted by Crippen LogP contribution is 2.54. The van der Waals surface area contributed by atoms with Crippen molar-refractivity contribution in [3.05, 3.63) is 33.8 Å². The number of amides is 1. The third-order valence-electron chi connectivity index (χ3n) is 5.38. The van der Waals surface area contributed by atoms with Gasteiger partial charge in [-0.05, 0) is 88.0 Å². The van der Waals surface area contributed by atoms with Crippen LogP contribution in [-0.2, 0) is 22.5 Å². The lowest BCUT2D eigenvalue weighted by Crippen LogP contribution is -2.43. The van der Waals surface area contributed by atoms with Crippen molar-refractivity contribution in [3.8, 4) is 0 Å². The van der Waals surface area contributed by atoms with Crippen LogP contribution in [0.15, 0.2) is 21.0 Å². The average molecular weight is 519 g/mol. The summed E-state index contributed by atoms with van der Waals surface area (Å²) in [7, 11) is 0. The van der Waals surface area contributed by atoms with Crippen LogP contribution in [-0.4, -0.2) is 44.2 Å². The number of hydrogen-bond acceptors (Lipinski definition) is 4. The van der Waals surface area contributed by atoms with Gasteiger partial charge >= 0.3 is 6.09 Å². The van der Waals surface area contributed by atoms with Gasteiger partial charge in [-0.25, -0.2) is 13.6 Å². The van der Waals surface area contributed by atoms with Gasteiger partial charge < -0.3 is 9.29 Å². The maximum Gasteiger partial charge on any atom is 0.410 e. The fourth-order valence-corrected chi connectivity index (χ4v) is 4.89. The number of carbonyl (C=O) groups is 1. The number of halogens is 3. The van der Waals surface area contributed by atoms with Gasteiger partial charge in [0.25, 0.3) is 0 Å². The van der Waals surface area contributed by atoms with Crippen LogP contribution in [0.5, 0.6) is 0 Å². The molecule has 1 heterocycles. The fourth-order valence-electron chi connectivity index (χ4n) is 3.65. The van der Waals surface area contributed by atoms with Crippen molar-refractivity contribution in [2.75, 3.05) is 6.54 Å². The van der Waals surface area contributed by atoms with Crippen LogP contribution in [0.1, 0.15) is 59.9 Å². The first-order valence-electron chi connectivity index (χ1n) is 10.3. The van der Waals surface area contributed by atoms with Gasteiger partial charge in [-0.3, -0.25) is 4.90 Å². The number of carbonyl (C=O) groups excluding carboxylic acids is 1. The Hall–Kier alpha value is -1.19.